The molecule has 2 aromatic rings. The molecule has 0 spiro atoms. The quantitative estimate of drug-likeness (QED) is 0.344. The number of methoxy groups -OCH3 is 2. The lowest BCUT2D eigenvalue weighted by Gasteiger charge is -2.05. The number of aromatic amines is 1. The van der Waals surface area contributed by atoms with Gasteiger partial charge in [-0.3, -0.25) is 9.79 Å². The van der Waals surface area contributed by atoms with Gasteiger partial charge in [-0.15, -0.1) is 0 Å². The number of rotatable bonds is 6. The second-order valence-corrected chi connectivity index (χ2v) is 5.73. The van der Waals surface area contributed by atoms with E-state index in [0.29, 0.717) is 46.4 Å². The number of aliphatic imine (C=N–C) groups is 1. The molecule has 0 bridgehead atoms. The van der Waals surface area contributed by atoms with Crippen molar-refractivity contribution in [1.82, 2.24) is 9.97 Å². The summed E-state index contributed by atoms with van der Waals surface area (Å²) in [6.45, 7) is 0.960. The highest BCUT2D eigenvalue weighted by Crippen LogP contribution is 2.14. The number of thioether (sulfide) groups is 1. The first kappa shape index (κ1) is 18.0. The van der Waals surface area contributed by atoms with Gasteiger partial charge in [0.1, 0.15) is 5.82 Å². The molecule has 0 saturated carbocycles. The molecule has 0 radical (unpaired) electrons. The van der Waals surface area contributed by atoms with Crippen LogP contribution in [-0.2, 0) is 15.2 Å². The number of aromatic nitrogens is 2. The van der Waals surface area contributed by atoms with Crippen LogP contribution < -0.4 is 11.3 Å². The summed E-state index contributed by atoms with van der Waals surface area (Å²) in [5, 5.41) is 0.788. The number of esters is 1. The molecule has 9 heteroatoms. The molecule has 8 nitrogen and oxygen atoms in total. The highest BCUT2D eigenvalue weighted by Gasteiger charge is 2.10. The van der Waals surface area contributed by atoms with Crippen LogP contribution >= 0.6 is 11.8 Å². The van der Waals surface area contributed by atoms with E-state index in [-0.39, 0.29) is 5.56 Å². The molecular formula is C15H18N4O4S. The van der Waals surface area contributed by atoms with Crippen molar-refractivity contribution in [1.29, 1.82) is 0 Å². The van der Waals surface area contributed by atoms with Crippen molar-refractivity contribution in [3.8, 4) is 0 Å². The molecular weight excluding hydrogens is 332 g/mol. The number of ether oxygens (including phenoxy) is 2. The van der Waals surface area contributed by atoms with Gasteiger partial charge in [-0.05, 0) is 18.2 Å². The maximum absolute atomic E-state index is 12.1. The Morgan fingerprint density at radius 3 is 2.92 bits per heavy atom. The molecule has 1 heterocycles. The second-order valence-electron chi connectivity index (χ2n) is 4.74. The van der Waals surface area contributed by atoms with Crippen LogP contribution in [0.2, 0.25) is 0 Å². The van der Waals surface area contributed by atoms with Gasteiger partial charge < -0.3 is 20.2 Å². The van der Waals surface area contributed by atoms with Crippen molar-refractivity contribution < 1.29 is 14.3 Å². The van der Waals surface area contributed by atoms with Gasteiger partial charge in [0.15, 0.2) is 5.17 Å². The van der Waals surface area contributed by atoms with Crippen molar-refractivity contribution in [2.45, 2.75) is 5.75 Å². The molecule has 3 N–H and O–H groups in total. The number of nitrogens with zero attached hydrogens (tertiary/aromatic N) is 2. The van der Waals surface area contributed by atoms with Gasteiger partial charge in [0.05, 0.1) is 42.5 Å². The first-order valence-corrected chi connectivity index (χ1v) is 8.06. The first-order valence-electron chi connectivity index (χ1n) is 7.08. The fourth-order valence-corrected chi connectivity index (χ4v) is 2.54. The van der Waals surface area contributed by atoms with Crippen LogP contribution in [0.5, 0.6) is 0 Å². The molecule has 1 aromatic carbocycles. The van der Waals surface area contributed by atoms with E-state index in [1.165, 1.54) is 31.0 Å². The van der Waals surface area contributed by atoms with E-state index < -0.39 is 5.97 Å². The number of nitrogens with one attached hydrogen (secondary N) is 1. The minimum atomic E-state index is -0.482. The zero-order valence-corrected chi connectivity index (χ0v) is 14.2. The van der Waals surface area contributed by atoms with E-state index in [1.54, 1.807) is 13.2 Å². The number of H-pyrrole nitrogens is 1. The van der Waals surface area contributed by atoms with E-state index in [4.69, 9.17) is 10.5 Å². The molecule has 0 aliphatic rings. The van der Waals surface area contributed by atoms with Crippen LogP contribution in [0.25, 0.3) is 10.9 Å². The summed E-state index contributed by atoms with van der Waals surface area (Å²) in [5.41, 5.74) is 6.25. The van der Waals surface area contributed by atoms with Gasteiger partial charge in [0.2, 0.25) is 0 Å². The Morgan fingerprint density at radius 1 is 1.42 bits per heavy atom. The van der Waals surface area contributed by atoms with Crippen LogP contribution in [-0.4, -0.2) is 48.5 Å². The lowest BCUT2D eigenvalue weighted by molar-refractivity contribution is 0.0601. The third-order valence-corrected chi connectivity index (χ3v) is 3.94. The molecule has 0 amide bonds. The molecule has 0 fully saturated rings. The van der Waals surface area contributed by atoms with Crippen LogP contribution in [0.4, 0.5) is 0 Å². The lowest BCUT2D eigenvalue weighted by Crippen LogP contribution is -2.14. The van der Waals surface area contributed by atoms with Crippen molar-refractivity contribution in [3.05, 3.63) is 39.9 Å². The Bertz CT molecular complexity index is 819. The summed E-state index contributed by atoms with van der Waals surface area (Å²) >= 11 is 1.26. The monoisotopic (exact) mass is 350 g/mol. The highest BCUT2D eigenvalue weighted by molar-refractivity contribution is 8.13. The highest BCUT2D eigenvalue weighted by atomic mass is 32.2. The summed E-state index contributed by atoms with van der Waals surface area (Å²) in [6, 6.07) is 4.60. The Balaban J connectivity index is 2.20. The summed E-state index contributed by atoms with van der Waals surface area (Å²) in [6.07, 6.45) is 0. The average Bonchev–Trinajstić information content (AvgIpc) is 2.59. The number of hydrogen-bond acceptors (Lipinski definition) is 7. The minimum Gasteiger partial charge on any atom is -0.465 e. The van der Waals surface area contributed by atoms with Crippen molar-refractivity contribution in [2.24, 2.45) is 10.7 Å². The van der Waals surface area contributed by atoms with Gasteiger partial charge in [-0.1, -0.05) is 11.8 Å². The number of amidine groups is 1. The summed E-state index contributed by atoms with van der Waals surface area (Å²) in [4.78, 5) is 34.9. The zero-order valence-electron chi connectivity index (χ0n) is 13.4. The van der Waals surface area contributed by atoms with Crippen LogP contribution in [0.15, 0.2) is 28.0 Å². The van der Waals surface area contributed by atoms with Crippen molar-refractivity contribution in [3.63, 3.8) is 0 Å². The Hall–Kier alpha value is -2.39. The number of benzene rings is 1. The predicted octanol–water partition coefficient (Wildman–Crippen LogP) is 0.904. The molecule has 24 heavy (non-hydrogen) atoms. The van der Waals surface area contributed by atoms with Crippen molar-refractivity contribution in [2.75, 3.05) is 27.4 Å². The normalized spacial score (nSPS) is 11.7. The van der Waals surface area contributed by atoms with E-state index >= 15 is 0 Å². The fraction of sp³-hybridized carbons (Fsp3) is 0.333. The van der Waals surface area contributed by atoms with E-state index in [9.17, 15) is 9.59 Å². The molecule has 0 atom stereocenters. The number of carbonyl (C=O) groups excluding carboxylic acids is 1. The van der Waals surface area contributed by atoms with Crippen LogP contribution in [0.3, 0.4) is 0 Å². The third kappa shape index (κ3) is 4.56. The number of hydrogen-bond donors (Lipinski definition) is 2. The van der Waals surface area contributed by atoms with E-state index in [1.807, 2.05) is 0 Å². The van der Waals surface area contributed by atoms with Gasteiger partial charge >= 0.3 is 5.97 Å². The molecule has 0 unspecified atom stereocenters. The Morgan fingerprint density at radius 2 is 2.21 bits per heavy atom. The third-order valence-electron chi connectivity index (χ3n) is 3.10. The zero-order chi connectivity index (χ0) is 17.5. The Labute approximate surface area is 142 Å². The summed E-state index contributed by atoms with van der Waals surface area (Å²) in [7, 11) is 2.89. The summed E-state index contributed by atoms with van der Waals surface area (Å²) < 4.78 is 9.56. The molecule has 128 valence electrons. The van der Waals surface area contributed by atoms with Crippen LogP contribution in [0.1, 0.15) is 16.2 Å². The van der Waals surface area contributed by atoms with Gasteiger partial charge in [0, 0.05) is 7.11 Å². The summed E-state index contributed by atoms with van der Waals surface area (Å²) in [5.74, 6) is 0.324. The number of fused-ring (bicyclic) bond motifs is 1. The first-order chi connectivity index (χ1) is 11.5. The fourth-order valence-electron chi connectivity index (χ4n) is 1.94. The van der Waals surface area contributed by atoms with Crippen LogP contribution in [0, 0.1) is 0 Å². The largest absolute Gasteiger partial charge is 0.465 e. The average molecular weight is 350 g/mol. The molecule has 2 rings (SSSR count). The Kier molecular flexibility index (Phi) is 6.33. The molecule has 0 aliphatic carbocycles. The van der Waals surface area contributed by atoms with E-state index in [0.717, 1.165) is 0 Å². The van der Waals surface area contributed by atoms with Gasteiger partial charge in [-0.25, -0.2) is 9.78 Å². The number of nitrogens with two attached hydrogens (primary N) is 1. The second kappa shape index (κ2) is 8.46. The number of carbonyl (C=O) groups is 1. The maximum Gasteiger partial charge on any atom is 0.337 e. The standard InChI is InChI=1S/C15H18N4O4S/c1-22-6-5-17-15(16)24-8-12-18-11-7-9(14(21)23-2)3-4-10(11)13(20)19-12/h3-4,7H,5-6,8H2,1-2H3,(H2,16,17)(H,18,19,20). The lowest BCUT2D eigenvalue weighted by atomic mass is 10.1. The predicted molar refractivity (Wildman–Crippen MR) is 93.4 cm³/mol. The molecule has 1 aromatic heterocycles. The van der Waals surface area contributed by atoms with Gasteiger partial charge in [-0.2, -0.15) is 0 Å². The smallest absolute Gasteiger partial charge is 0.337 e. The minimum absolute atomic E-state index is 0.276. The molecule has 0 saturated heterocycles. The van der Waals surface area contributed by atoms with E-state index in [2.05, 4.69) is 19.7 Å². The maximum atomic E-state index is 12.1. The molecule has 0 aliphatic heterocycles. The van der Waals surface area contributed by atoms with Gasteiger partial charge in [0.25, 0.3) is 5.56 Å². The van der Waals surface area contributed by atoms with Crippen molar-refractivity contribution >= 4 is 33.8 Å². The SMILES string of the molecule is COCCN=C(N)SCc1nc2cc(C(=O)OC)ccc2c(=O)[nH]1. The topological polar surface area (TPSA) is 120 Å².